The monoisotopic (exact) mass is 412 g/mol. The van der Waals surface area contributed by atoms with E-state index >= 15 is 0 Å². The number of hydrogen-bond acceptors (Lipinski definition) is 1. The first-order valence-corrected chi connectivity index (χ1v) is 10.8. The van der Waals surface area contributed by atoms with Gasteiger partial charge in [0.25, 0.3) is 0 Å². The van der Waals surface area contributed by atoms with Crippen LogP contribution in [-0.2, 0) is 12.8 Å². The highest BCUT2D eigenvalue weighted by Crippen LogP contribution is 2.45. The minimum atomic E-state index is -1.00. The van der Waals surface area contributed by atoms with E-state index in [0.29, 0.717) is 47.4 Å². The van der Waals surface area contributed by atoms with Gasteiger partial charge < -0.3 is 4.74 Å². The summed E-state index contributed by atoms with van der Waals surface area (Å²) in [5.41, 5.74) is 2.20. The summed E-state index contributed by atoms with van der Waals surface area (Å²) in [5.74, 6) is -2.04. The molecule has 2 aliphatic rings. The normalized spacial score (nSPS) is 20.5. The number of ether oxygens (including phenoxy) is 1. The summed E-state index contributed by atoms with van der Waals surface area (Å²) < 4.78 is 50.5. The third-order valence-electron chi connectivity index (χ3n) is 6.47. The van der Waals surface area contributed by atoms with Crippen LogP contribution < -0.4 is 4.74 Å². The van der Waals surface area contributed by atoms with E-state index in [9.17, 15) is 13.2 Å². The van der Waals surface area contributed by atoms with Crippen LogP contribution in [0.5, 0.6) is 11.5 Å². The van der Waals surface area contributed by atoms with Crippen LogP contribution >= 0.6 is 0 Å². The van der Waals surface area contributed by atoms with Gasteiger partial charge in [-0.3, -0.25) is 0 Å². The first kappa shape index (κ1) is 20.8. The molecule has 0 atom stereocenters. The smallest absolute Gasteiger partial charge is 0.201 e. The maximum Gasteiger partial charge on any atom is 0.201 e. The van der Waals surface area contributed by atoms with Crippen molar-refractivity contribution in [2.75, 3.05) is 0 Å². The lowest BCUT2D eigenvalue weighted by atomic mass is 9.78. The van der Waals surface area contributed by atoms with E-state index in [1.807, 2.05) is 31.2 Å². The molecule has 0 spiro atoms. The molecule has 1 aliphatic heterocycles. The molecule has 4 heteroatoms. The summed E-state index contributed by atoms with van der Waals surface area (Å²) in [7, 11) is 0. The number of aryl methyl sites for hydroxylation is 1. The van der Waals surface area contributed by atoms with E-state index in [2.05, 4.69) is 6.58 Å². The van der Waals surface area contributed by atoms with Crippen LogP contribution in [0.3, 0.4) is 0 Å². The maximum atomic E-state index is 15.0. The average Bonchev–Trinajstić information content (AvgIpc) is 2.77. The third-order valence-corrected chi connectivity index (χ3v) is 6.47. The Morgan fingerprint density at radius 1 is 1.00 bits per heavy atom. The Hall–Kier alpha value is -2.49. The number of fused-ring (bicyclic) bond motifs is 2. The molecule has 0 bridgehead atoms. The van der Waals surface area contributed by atoms with Crippen LogP contribution in [0.15, 0.2) is 43.0 Å². The maximum absolute atomic E-state index is 15.0. The van der Waals surface area contributed by atoms with Crippen molar-refractivity contribution in [1.29, 1.82) is 0 Å². The second-order valence-electron chi connectivity index (χ2n) is 8.34. The highest BCUT2D eigenvalue weighted by atomic mass is 19.2. The topological polar surface area (TPSA) is 9.23 Å². The van der Waals surface area contributed by atoms with Crippen molar-refractivity contribution < 1.29 is 17.9 Å². The fourth-order valence-corrected chi connectivity index (χ4v) is 4.68. The second-order valence-corrected chi connectivity index (χ2v) is 8.34. The summed E-state index contributed by atoms with van der Waals surface area (Å²) in [6, 6.07) is 5.33. The third kappa shape index (κ3) is 3.80. The second kappa shape index (κ2) is 8.71. The van der Waals surface area contributed by atoms with Crippen molar-refractivity contribution in [3.05, 3.63) is 82.7 Å². The van der Waals surface area contributed by atoms with Crippen LogP contribution in [0.4, 0.5) is 13.2 Å². The van der Waals surface area contributed by atoms with Gasteiger partial charge in [0.2, 0.25) is 5.82 Å². The lowest BCUT2D eigenvalue weighted by Gasteiger charge is -2.29. The van der Waals surface area contributed by atoms with Gasteiger partial charge in [-0.25, -0.2) is 8.78 Å². The molecule has 158 valence electrons. The Balaban J connectivity index is 1.63. The Kier molecular flexibility index (Phi) is 6.03. The first-order valence-electron chi connectivity index (χ1n) is 10.8. The minimum Gasteiger partial charge on any atom is -0.450 e. The van der Waals surface area contributed by atoms with E-state index in [1.54, 1.807) is 12.1 Å². The Morgan fingerprint density at radius 2 is 1.73 bits per heavy atom. The average molecular weight is 412 g/mol. The van der Waals surface area contributed by atoms with Crippen LogP contribution in [0, 0.1) is 23.4 Å². The molecule has 1 heterocycles. The van der Waals surface area contributed by atoms with Gasteiger partial charge in [-0.05, 0) is 74.5 Å². The van der Waals surface area contributed by atoms with E-state index in [1.165, 1.54) is 0 Å². The molecule has 0 aromatic heterocycles. The summed E-state index contributed by atoms with van der Waals surface area (Å²) in [6.07, 6.45) is 10.9. The zero-order valence-electron chi connectivity index (χ0n) is 17.3. The van der Waals surface area contributed by atoms with E-state index in [4.69, 9.17) is 4.74 Å². The van der Waals surface area contributed by atoms with Crippen molar-refractivity contribution in [3.8, 4) is 11.5 Å². The van der Waals surface area contributed by atoms with Crippen LogP contribution in [0.1, 0.15) is 67.2 Å². The molecule has 30 heavy (non-hydrogen) atoms. The molecule has 1 nitrogen and oxygen atoms in total. The van der Waals surface area contributed by atoms with E-state index in [-0.39, 0.29) is 17.4 Å². The molecule has 0 saturated heterocycles. The van der Waals surface area contributed by atoms with Crippen molar-refractivity contribution >= 4 is 0 Å². The molecular formula is C26H27F3O. The molecule has 4 rings (SSSR count). The minimum absolute atomic E-state index is 0.00636. The van der Waals surface area contributed by atoms with Gasteiger partial charge >= 0.3 is 0 Å². The Bertz CT molecular complexity index is 985. The predicted octanol–water partition coefficient (Wildman–Crippen LogP) is 7.77. The molecule has 0 N–H and O–H groups in total. The van der Waals surface area contributed by atoms with Gasteiger partial charge in [0.15, 0.2) is 23.1 Å². The van der Waals surface area contributed by atoms with Gasteiger partial charge in [-0.15, -0.1) is 6.58 Å². The van der Waals surface area contributed by atoms with E-state index < -0.39 is 17.5 Å². The largest absolute Gasteiger partial charge is 0.450 e. The highest BCUT2D eigenvalue weighted by molar-refractivity contribution is 5.54. The van der Waals surface area contributed by atoms with Crippen molar-refractivity contribution in [2.45, 2.75) is 57.8 Å². The molecule has 1 fully saturated rings. The molecule has 2 aromatic rings. The number of benzene rings is 2. The number of rotatable bonds is 5. The Morgan fingerprint density at radius 3 is 2.43 bits per heavy atom. The van der Waals surface area contributed by atoms with Crippen molar-refractivity contribution in [2.24, 2.45) is 5.92 Å². The quantitative estimate of drug-likeness (QED) is 0.389. The molecule has 0 radical (unpaired) electrons. The number of halogens is 3. The molecule has 0 amide bonds. The molecule has 0 unspecified atom stereocenters. The zero-order chi connectivity index (χ0) is 21.3. The lowest BCUT2D eigenvalue weighted by Crippen LogP contribution is -2.16. The van der Waals surface area contributed by atoms with Crippen LogP contribution in [-0.4, -0.2) is 0 Å². The van der Waals surface area contributed by atoms with Gasteiger partial charge in [0, 0.05) is 17.5 Å². The Labute approximate surface area is 176 Å². The number of hydrogen-bond donors (Lipinski definition) is 0. The van der Waals surface area contributed by atoms with Crippen molar-refractivity contribution in [1.82, 2.24) is 0 Å². The van der Waals surface area contributed by atoms with E-state index in [0.717, 1.165) is 25.7 Å². The zero-order valence-corrected chi connectivity index (χ0v) is 17.3. The molecular weight excluding hydrogens is 385 g/mol. The summed E-state index contributed by atoms with van der Waals surface area (Å²) in [4.78, 5) is 0. The van der Waals surface area contributed by atoms with Crippen LogP contribution in [0.2, 0.25) is 0 Å². The van der Waals surface area contributed by atoms with Gasteiger partial charge in [-0.2, -0.15) is 4.39 Å². The first-order chi connectivity index (χ1) is 14.5. The molecule has 1 aliphatic carbocycles. The standard InChI is InChI=1S/C26H27F3O/c1-3-5-6-7-18-12-13-19-14-20-15-21(17-10-8-16(4-2)9-11-17)23(28)24(29)26(20)30-25(19)22(18)27/h3-5,12-13,15-17H,2,6-11,14H2,1H3/b5-3+. The summed E-state index contributed by atoms with van der Waals surface area (Å²) >= 11 is 0. The summed E-state index contributed by atoms with van der Waals surface area (Å²) in [6.45, 7) is 5.76. The van der Waals surface area contributed by atoms with Gasteiger partial charge in [-0.1, -0.05) is 30.4 Å². The fourth-order valence-electron chi connectivity index (χ4n) is 4.68. The highest BCUT2D eigenvalue weighted by Gasteiger charge is 2.31. The number of allylic oxidation sites excluding steroid dienone is 3. The van der Waals surface area contributed by atoms with Crippen molar-refractivity contribution in [3.63, 3.8) is 0 Å². The lowest BCUT2D eigenvalue weighted by molar-refractivity contribution is 0.352. The summed E-state index contributed by atoms with van der Waals surface area (Å²) in [5, 5.41) is 0. The molecule has 2 aromatic carbocycles. The van der Waals surface area contributed by atoms with Gasteiger partial charge in [0.1, 0.15) is 0 Å². The SMILES string of the molecule is C=CC1CCC(c2cc3c(c(F)c2F)Oc2c(ccc(CC/C=C/C)c2F)C3)CC1. The van der Waals surface area contributed by atoms with Crippen LogP contribution in [0.25, 0.3) is 0 Å². The van der Waals surface area contributed by atoms with Gasteiger partial charge in [0.05, 0.1) is 0 Å². The molecule has 1 saturated carbocycles. The predicted molar refractivity (Wildman–Crippen MR) is 114 cm³/mol. The fraction of sp³-hybridized carbons (Fsp3) is 0.385.